The van der Waals surface area contributed by atoms with Gasteiger partial charge in [-0.1, -0.05) is 6.07 Å². The van der Waals surface area contributed by atoms with E-state index in [-0.39, 0.29) is 0 Å². The Labute approximate surface area is 102 Å². The van der Waals surface area contributed by atoms with Gasteiger partial charge in [0.1, 0.15) is 0 Å². The van der Waals surface area contributed by atoms with E-state index < -0.39 is 0 Å². The molecule has 1 aliphatic rings. The summed E-state index contributed by atoms with van der Waals surface area (Å²) in [5, 5.41) is 3.61. The molecule has 1 aromatic rings. The van der Waals surface area contributed by atoms with Crippen molar-refractivity contribution in [1.82, 2.24) is 0 Å². The topological polar surface area (TPSA) is 38.0 Å². The molecule has 0 aromatic heterocycles. The number of hydrogen-bond donors (Lipinski definition) is 2. The Morgan fingerprint density at radius 1 is 1.25 bits per heavy atom. The average molecular weight is 236 g/mol. The highest BCUT2D eigenvalue weighted by atomic mass is 32.2. The molecule has 0 saturated heterocycles. The van der Waals surface area contributed by atoms with Gasteiger partial charge in [-0.05, 0) is 50.1 Å². The molecule has 0 amide bonds. The summed E-state index contributed by atoms with van der Waals surface area (Å²) in [6, 6.07) is 9.66. The van der Waals surface area contributed by atoms with Crippen molar-refractivity contribution in [3.05, 3.63) is 24.3 Å². The fraction of sp³-hybridized carbons (Fsp3) is 0.538. The van der Waals surface area contributed by atoms with Gasteiger partial charge in [-0.25, -0.2) is 0 Å². The average Bonchev–Trinajstić information content (AvgIpc) is 2.32. The lowest BCUT2D eigenvalue weighted by molar-refractivity contribution is 0.411. The fourth-order valence-corrected chi connectivity index (χ4v) is 2.67. The fourth-order valence-electron chi connectivity index (χ4n) is 2.21. The molecule has 0 heterocycles. The van der Waals surface area contributed by atoms with Crippen molar-refractivity contribution in [2.75, 3.05) is 11.6 Å². The molecule has 1 fully saturated rings. The summed E-state index contributed by atoms with van der Waals surface area (Å²) in [6.45, 7) is 0. The van der Waals surface area contributed by atoms with Crippen LogP contribution in [0.2, 0.25) is 0 Å². The van der Waals surface area contributed by atoms with E-state index in [9.17, 15) is 0 Å². The van der Waals surface area contributed by atoms with Crippen LogP contribution in [-0.4, -0.2) is 18.3 Å². The van der Waals surface area contributed by atoms with Crippen molar-refractivity contribution >= 4 is 17.4 Å². The number of rotatable bonds is 3. The molecule has 0 bridgehead atoms. The summed E-state index contributed by atoms with van der Waals surface area (Å²) >= 11 is 1.79. The van der Waals surface area contributed by atoms with Gasteiger partial charge < -0.3 is 11.1 Å². The van der Waals surface area contributed by atoms with E-state index in [1.807, 2.05) is 0 Å². The molecule has 1 aromatic carbocycles. The molecule has 2 rings (SSSR count). The summed E-state index contributed by atoms with van der Waals surface area (Å²) in [5.41, 5.74) is 7.15. The van der Waals surface area contributed by atoms with Crippen LogP contribution in [0.4, 0.5) is 5.69 Å². The summed E-state index contributed by atoms with van der Waals surface area (Å²) in [7, 11) is 0. The molecule has 3 heteroatoms. The molecule has 16 heavy (non-hydrogen) atoms. The Bertz CT molecular complexity index is 332. The SMILES string of the molecule is CSc1cccc(NC2CCC(N)CC2)c1. The molecule has 0 atom stereocenters. The van der Waals surface area contributed by atoms with Crippen LogP contribution in [0.25, 0.3) is 0 Å². The second kappa shape index (κ2) is 5.60. The van der Waals surface area contributed by atoms with Gasteiger partial charge in [0.05, 0.1) is 0 Å². The van der Waals surface area contributed by atoms with Crippen molar-refractivity contribution in [1.29, 1.82) is 0 Å². The van der Waals surface area contributed by atoms with Gasteiger partial charge >= 0.3 is 0 Å². The Morgan fingerprint density at radius 2 is 2.00 bits per heavy atom. The smallest absolute Gasteiger partial charge is 0.0353 e. The van der Waals surface area contributed by atoms with Gasteiger partial charge in [-0.15, -0.1) is 11.8 Å². The highest BCUT2D eigenvalue weighted by Gasteiger charge is 2.17. The van der Waals surface area contributed by atoms with Crippen LogP contribution in [0.5, 0.6) is 0 Å². The third-order valence-electron chi connectivity index (χ3n) is 3.21. The van der Waals surface area contributed by atoms with Gasteiger partial charge in [-0.3, -0.25) is 0 Å². The van der Waals surface area contributed by atoms with E-state index in [0.29, 0.717) is 12.1 Å². The Morgan fingerprint density at radius 3 is 2.69 bits per heavy atom. The van der Waals surface area contributed by atoms with Gasteiger partial charge in [0, 0.05) is 22.7 Å². The number of thioether (sulfide) groups is 1. The van der Waals surface area contributed by atoms with Crippen LogP contribution < -0.4 is 11.1 Å². The second-order valence-corrected chi connectivity index (χ2v) is 5.37. The summed E-state index contributed by atoms with van der Waals surface area (Å²) in [5.74, 6) is 0. The standard InChI is InChI=1S/C13H20N2S/c1-16-13-4-2-3-12(9-13)15-11-7-5-10(14)6-8-11/h2-4,9-11,15H,5-8,14H2,1H3. The molecular formula is C13H20N2S. The van der Waals surface area contributed by atoms with Crippen molar-refractivity contribution in [3.63, 3.8) is 0 Å². The van der Waals surface area contributed by atoms with E-state index in [0.717, 1.165) is 12.8 Å². The summed E-state index contributed by atoms with van der Waals surface area (Å²) < 4.78 is 0. The second-order valence-electron chi connectivity index (χ2n) is 4.49. The zero-order valence-electron chi connectivity index (χ0n) is 9.78. The predicted molar refractivity (Wildman–Crippen MR) is 72.1 cm³/mol. The third kappa shape index (κ3) is 3.16. The maximum Gasteiger partial charge on any atom is 0.0353 e. The lowest BCUT2D eigenvalue weighted by atomic mass is 9.92. The Kier molecular flexibility index (Phi) is 4.13. The molecule has 88 valence electrons. The van der Waals surface area contributed by atoms with Crippen LogP contribution in [0.3, 0.4) is 0 Å². The maximum atomic E-state index is 5.90. The lowest BCUT2D eigenvalue weighted by Crippen LogP contribution is -2.32. The first-order valence-electron chi connectivity index (χ1n) is 5.94. The Balaban J connectivity index is 1.93. The number of benzene rings is 1. The van der Waals surface area contributed by atoms with E-state index in [4.69, 9.17) is 5.73 Å². The lowest BCUT2D eigenvalue weighted by Gasteiger charge is -2.27. The first kappa shape index (κ1) is 11.8. The number of hydrogen-bond acceptors (Lipinski definition) is 3. The number of nitrogens with two attached hydrogens (primary N) is 1. The van der Waals surface area contributed by atoms with E-state index in [1.54, 1.807) is 11.8 Å². The molecule has 1 aliphatic carbocycles. The molecule has 0 unspecified atom stereocenters. The largest absolute Gasteiger partial charge is 0.382 e. The number of anilines is 1. The van der Waals surface area contributed by atoms with Crippen molar-refractivity contribution in [2.45, 2.75) is 42.7 Å². The first-order valence-corrected chi connectivity index (χ1v) is 7.16. The normalized spacial score (nSPS) is 25.4. The van der Waals surface area contributed by atoms with E-state index in [1.165, 1.54) is 23.4 Å². The van der Waals surface area contributed by atoms with Gasteiger partial charge in [0.15, 0.2) is 0 Å². The molecule has 0 aliphatic heterocycles. The molecule has 3 N–H and O–H groups in total. The van der Waals surface area contributed by atoms with Crippen LogP contribution in [0.1, 0.15) is 25.7 Å². The summed E-state index contributed by atoms with van der Waals surface area (Å²) in [4.78, 5) is 1.32. The maximum absolute atomic E-state index is 5.90. The minimum Gasteiger partial charge on any atom is -0.382 e. The van der Waals surface area contributed by atoms with Gasteiger partial charge in [0.2, 0.25) is 0 Å². The van der Waals surface area contributed by atoms with Gasteiger partial charge in [-0.2, -0.15) is 0 Å². The van der Waals surface area contributed by atoms with Gasteiger partial charge in [0.25, 0.3) is 0 Å². The highest BCUT2D eigenvalue weighted by Crippen LogP contribution is 2.24. The minimum absolute atomic E-state index is 0.426. The molecule has 2 nitrogen and oxygen atoms in total. The molecule has 0 spiro atoms. The molecule has 0 radical (unpaired) electrons. The van der Waals surface area contributed by atoms with E-state index in [2.05, 4.69) is 35.8 Å². The molecule has 1 saturated carbocycles. The van der Waals surface area contributed by atoms with Crippen LogP contribution >= 0.6 is 11.8 Å². The predicted octanol–water partition coefficient (Wildman–Crippen LogP) is 3.09. The summed E-state index contributed by atoms with van der Waals surface area (Å²) in [6.07, 6.45) is 6.81. The van der Waals surface area contributed by atoms with Crippen LogP contribution in [0, 0.1) is 0 Å². The highest BCUT2D eigenvalue weighted by molar-refractivity contribution is 7.98. The van der Waals surface area contributed by atoms with Crippen molar-refractivity contribution in [2.24, 2.45) is 5.73 Å². The zero-order valence-corrected chi connectivity index (χ0v) is 10.6. The monoisotopic (exact) mass is 236 g/mol. The van der Waals surface area contributed by atoms with Crippen LogP contribution in [0.15, 0.2) is 29.2 Å². The minimum atomic E-state index is 0.426. The zero-order chi connectivity index (χ0) is 11.4. The quantitative estimate of drug-likeness (QED) is 0.792. The van der Waals surface area contributed by atoms with Crippen molar-refractivity contribution < 1.29 is 0 Å². The van der Waals surface area contributed by atoms with E-state index >= 15 is 0 Å². The first-order chi connectivity index (χ1) is 7.78. The third-order valence-corrected chi connectivity index (χ3v) is 3.94. The Hall–Kier alpha value is -0.670. The molecular weight excluding hydrogens is 216 g/mol. The van der Waals surface area contributed by atoms with Crippen LogP contribution in [-0.2, 0) is 0 Å². The van der Waals surface area contributed by atoms with Crippen molar-refractivity contribution in [3.8, 4) is 0 Å². The number of nitrogens with one attached hydrogen (secondary N) is 1.